The van der Waals surface area contributed by atoms with Gasteiger partial charge in [-0.15, -0.1) is 0 Å². The lowest BCUT2D eigenvalue weighted by Crippen LogP contribution is -2.64. The van der Waals surface area contributed by atoms with E-state index >= 15 is 0 Å². The Morgan fingerprint density at radius 3 is 2.42 bits per heavy atom. The number of hydrogen-bond donors (Lipinski definition) is 5. The van der Waals surface area contributed by atoms with Gasteiger partial charge in [-0.1, -0.05) is 26.2 Å². The molecular weight excluding hydrogens is 250 g/mol. The average Bonchev–Trinajstić information content (AvgIpc) is 2.34. The van der Waals surface area contributed by atoms with E-state index in [1.54, 1.807) is 0 Å². The number of nitrogens with two attached hydrogens (primary N) is 1. The summed E-state index contributed by atoms with van der Waals surface area (Å²) >= 11 is 0. The fourth-order valence-corrected chi connectivity index (χ4v) is 2.50. The Morgan fingerprint density at radius 2 is 1.84 bits per heavy atom. The molecule has 1 fully saturated rings. The van der Waals surface area contributed by atoms with Crippen LogP contribution in [0.2, 0.25) is 0 Å². The van der Waals surface area contributed by atoms with Crippen LogP contribution in [0.3, 0.4) is 0 Å². The second kappa shape index (κ2) is 6.97. The maximum absolute atomic E-state index is 10.3. The second-order valence-corrected chi connectivity index (χ2v) is 5.55. The summed E-state index contributed by atoms with van der Waals surface area (Å²) in [5.74, 6) is -1.90. The summed E-state index contributed by atoms with van der Waals surface area (Å²) in [5, 5.41) is 39.4. The van der Waals surface area contributed by atoms with Crippen LogP contribution in [0.4, 0.5) is 0 Å². The summed E-state index contributed by atoms with van der Waals surface area (Å²) in [7, 11) is 0. The van der Waals surface area contributed by atoms with Gasteiger partial charge < -0.3 is 30.9 Å². The van der Waals surface area contributed by atoms with Crippen molar-refractivity contribution in [3.63, 3.8) is 0 Å². The minimum atomic E-state index is -1.90. The Bertz CT molecular complexity index is 278. The van der Waals surface area contributed by atoms with E-state index in [4.69, 9.17) is 10.5 Å². The van der Waals surface area contributed by atoms with Crippen molar-refractivity contribution in [2.45, 2.75) is 82.2 Å². The van der Waals surface area contributed by atoms with Crippen LogP contribution in [0.25, 0.3) is 0 Å². The summed E-state index contributed by atoms with van der Waals surface area (Å²) < 4.78 is 5.26. The first-order valence-corrected chi connectivity index (χ1v) is 7.01. The lowest BCUT2D eigenvalue weighted by molar-refractivity contribution is -0.345. The molecule has 0 aromatic rings. The maximum atomic E-state index is 10.3. The Labute approximate surface area is 114 Å². The van der Waals surface area contributed by atoms with Gasteiger partial charge in [-0.2, -0.15) is 0 Å². The summed E-state index contributed by atoms with van der Waals surface area (Å²) in [6.45, 7) is 3.62. The van der Waals surface area contributed by atoms with E-state index in [2.05, 4.69) is 6.92 Å². The number of unbranched alkanes of at least 4 members (excludes halogenated alkanes) is 2. The number of aliphatic hydroxyl groups excluding tert-OH is 3. The van der Waals surface area contributed by atoms with E-state index in [0.29, 0.717) is 0 Å². The highest BCUT2D eigenvalue weighted by Gasteiger charge is 2.51. The topological polar surface area (TPSA) is 116 Å². The first-order valence-electron chi connectivity index (χ1n) is 7.01. The molecule has 1 saturated heterocycles. The molecule has 1 unspecified atom stereocenters. The molecule has 0 aliphatic carbocycles. The Hall–Kier alpha value is -0.240. The van der Waals surface area contributed by atoms with E-state index in [9.17, 15) is 20.4 Å². The van der Waals surface area contributed by atoms with Crippen molar-refractivity contribution < 1.29 is 25.2 Å². The van der Waals surface area contributed by atoms with E-state index in [1.807, 2.05) is 0 Å². The normalized spacial score (nSPS) is 41.2. The molecule has 6 nitrogen and oxygen atoms in total. The van der Waals surface area contributed by atoms with Gasteiger partial charge in [-0.3, -0.25) is 0 Å². The van der Waals surface area contributed by atoms with E-state index < -0.39 is 30.2 Å². The minimum absolute atomic E-state index is 0.0337. The van der Waals surface area contributed by atoms with Crippen molar-refractivity contribution in [1.29, 1.82) is 0 Å². The molecule has 6 atom stereocenters. The molecule has 0 aromatic carbocycles. The van der Waals surface area contributed by atoms with Crippen LogP contribution in [0.5, 0.6) is 0 Å². The average molecular weight is 277 g/mol. The molecular formula is C13H27NO5. The second-order valence-electron chi connectivity index (χ2n) is 5.55. The molecule has 0 radical (unpaired) electrons. The summed E-state index contributed by atoms with van der Waals surface area (Å²) in [5.41, 5.74) is 5.92. The third-order valence-corrected chi connectivity index (χ3v) is 3.74. The minimum Gasteiger partial charge on any atom is -0.388 e. The highest BCUT2D eigenvalue weighted by molar-refractivity contribution is 4.96. The standard InChI is InChI=1S/C13H27NO5/c1-3-4-5-6-9(14)7-13(18)12(17)11(16)10(15)8(2)19-13/h8-12,15-18H,3-7,14H2,1-2H3/t8-,9?,10+,11+,12-,13-/m0/s1. The van der Waals surface area contributed by atoms with Gasteiger partial charge in [0.2, 0.25) is 0 Å². The summed E-state index contributed by atoms with van der Waals surface area (Å²) in [4.78, 5) is 0. The summed E-state index contributed by atoms with van der Waals surface area (Å²) in [6, 6.07) is -0.319. The van der Waals surface area contributed by atoms with Crippen molar-refractivity contribution >= 4 is 0 Å². The molecule has 0 spiro atoms. The molecule has 6 N–H and O–H groups in total. The predicted octanol–water partition coefficient (Wildman–Crippen LogP) is -0.526. The monoisotopic (exact) mass is 277 g/mol. The van der Waals surface area contributed by atoms with Gasteiger partial charge in [0.1, 0.15) is 18.3 Å². The molecule has 114 valence electrons. The first kappa shape index (κ1) is 16.8. The number of hydrogen-bond acceptors (Lipinski definition) is 6. The van der Waals surface area contributed by atoms with Crippen LogP contribution in [-0.4, -0.2) is 56.7 Å². The molecule has 6 heteroatoms. The van der Waals surface area contributed by atoms with Gasteiger partial charge in [-0.05, 0) is 13.3 Å². The van der Waals surface area contributed by atoms with Gasteiger partial charge in [-0.25, -0.2) is 0 Å². The third kappa shape index (κ3) is 4.11. The molecule has 0 amide bonds. The zero-order chi connectivity index (χ0) is 14.6. The van der Waals surface area contributed by atoms with Crippen molar-refractivity contribution in [3.05, 3.63) is 0 Å². The molecule has 1 rings (SSSR count). The van der Waals surface area contributed by atoms with Gasteiger partial charge in [0.25, 0.3) is 0 Å². The van der Waals surface area contributed by atoms with Crippen LogP contribution in [-0.2, 0) is 4.74 Å². The van der Waals surface area contributed by atoms with E-state index in [1.165, 1.54) is 6.92 Å². The zero-order valence-electron chi connectivity index (χ0n) is 11.7. The fraction of sp³-hybridized carbons (Fsp3) is 1.00. The quantitative estimate of drug-likeness (QED) is 0.417. The van der Waals surface area contributed by atoms with Gasteiger partial charge in [0.15, 0.2) is 5.79 Å². The van der Waals surface area contributed by atoms with Crippen molar-refractivity contribution in [1.82, 2.24) is 0 Å². The number of rotatable bonds is 6. The van der Waals surface area contributed by atoms with E-state index in [-0.39, 0.29) is 12.5 Å². The smallest absolute Gasteiger partial charge is 0.196 e. The van der Waals surface area contributed by atoms with E-state index in [0.717, 1.165) is 25.7 Å². The van der Waals surface area contributed by atoms with Crippen LogP contribution in [0.1, 0.15) is 46.0 Å². The Morgan fingerprint density at radius 1 is 1.21 bits per heavy atom. The predicted molar refractivity (Wildman–Crippen MR) is 70.3 cm³/mol. The largest absolute Gasteiger partial charge is 0.388 e. The lowest BCUT2D eigenvalue weighted by atomic mass is 9.88. The number of ether oxygens (including phenoxy) is 1. The van der Waals surface area contributed by atoms with Crippen LogP contribution in [0, 0.1) is 0 Å². The summed E-state index contributed by atoms with van der Waals surface area (Å²) in [6.07, 6.45) is -1.12. The Kier molecular flexibility index (Phi) is 6.16. The molecule has 0 bridgehead atoms. The molecule has 0 saturated carbocycles. The highest BCUT2D eigenvalue weighted by Crippen LogP contribution is 2.31. The highest BCUT2D eigenvalue weighted by atomic mass is 16.7. The molecule has 1 heterocycles. The van der Waals surface area contributed by atoms with Crippen LogP contribution < -0.4 is 5.73 Å². The maximum Gasteiger partial charge on any atom is 0.196 e. The number of aliphatic hydroxyl groups is 4. The zero-order valence-corrected chi connectivity index (χ0v) is 11.7. The van der Waals surface area contributed by atoms with Crippen LogP contribution >= 0.6 is 0 Å². The van der Waals surface area contributed by atoms with Gasteiger partial charge >= 0.3 is 0 Å². The fourth-order valence-electron chi connectivity index (χ4n) is 2.50. The SMILES string of the molecule is CCCCCC(N)C[C@]1(O)O[C@@H](C)[C@@H](O)[C@@H](O)[C@@H]1O. The Balaban J connectivity index is 2.58. The molecule has 0 aromatic heterocycles. The van der Waals surface area contributed by atoms with Crippen molar-refractivity contribution in [2.24, 2.45) is 5.73 Å². The van der Waals surface area contributed by atoms with Crippen LogP contribution in [0.15, 0.2) is 0 Å². The molecule has 19 heavy (non-hydrogen) atoms. The van der Waals surface area contributed by atoms with Crippen molar-refractivity contribution in [2.75, 3.05) is 0 Å². The lowest BCUT2D eigenvalue weighted by Gasteiger charge is -2.45. The molecule has 1 aliphatic heterocycles. The molecule has 1 aliphatic rings. The van der Waals surface area contributed by atoms with Gasteiger partial charge in [0.05, 0.1) is 6.10 Å². The third-order valence-electron chi connectivity index (χ3n) is 3.74. The van der Waals surface area contributed by atoms with Crippen molar-refractivity contribution in [3.8, 4) is 0 Å². The van der Waals surface area contributed by atoms with Gasteiger partial charge in [0, 0.05) is 12.5 Å². The first-order chi connectivity index (χ1) is 8.81.